The summed E-state index contributed by atoms with van der Waals surface area (Å²) in [6.45, 7) is 0.123. The Bertz CT molecular complexity index is 837. The second-order valence-corrected chi connectivity index (χ2v) is 5.84. The Kier molecular flexibility index (Phi) is 2.92. The van der Waals surface area contributed by atoms with Crippen LogP contribution in [-0.2, 0) is 16.6 Å². The molecule has 0 aliphatic heterocycles. The van der Waals surface area contributed by atoms with Gasteiger partial charge in [-0.15, -0.1) is 0 Å². The van der Waals surface area contributed by atoms with E-state index in [1.165, 1.54) is 4.40 Å². The number of aromatic nitrogens is 4. The summed E-state index contributed by atoms with van der Waals surface area (Å²) in [4.78, 5) is 4.03. The van der Waals surface area contributed by atoms with E-state index < -0.39 is 10.0 Å². The first-order valence-corrected chi connectivity index (χ1v) is 7.26. The fourth-order valence-corrected chi connectivity index (χ4v) is 3.11. The standard InChI is InChI=1S/C11H12N6O2S/c12-10-11(17-4-2-1-3-9(17)16-10)20(18,19)15-7-8-5-13-14-6-8/h1-6,15H,7,12H2,(H,13,14). The van der Waals surface area contributed by atoms with Crippen LogP contribution in [0.25, 0.3) is 5.65 Å². The molecule has 4 N–H and O–H groups in total. The minimum atomic E-state index is -3.77. The van der Waals surface area contributed by atoms with E-state index in [1.807, 2.05) is 0 Å². The first-order valence-electron chi connectivity index (χ1n) is 5.78. The smallest absolute Gasteiger partial charge is 0.260 e. The van der Waals surface area contributed by atoms with Crippen molar-refractivity contribution in [3.05, 3.63) is 42.4 Å². The van der Waals surface area contributed by atoms with Crippen molar-refractivity contribution in [1.29, 1.82) is 0 Å². The number of hydrogen-bond donors (Lipinski definition) is 3. The van der Waals surface area contributed by atoms with Gasteiger partial charge in [-0.3, -0.25) is 9.50 Å². The van der Waals surface area contributed by atoms with E-state index in [0.717, 1.165) is 5.56 Å². The van der Waals surface area contributed by atoms with Crippen molar-refractivity contribution in [3.8, 4) is 0 Å². The molecule has 3 aromatic rings. The molecule has 0 saturated heterocycles. The van der Waals surface area contributed by atoms with Crippen LogP contribution < -0.4 is 10.5 Å². The number of hydrogen-bond acceptors (Lipinski definition) is 5. The SMILES string of the molecule is Nc1nc2ccccn2c1S(=O)(=O)NCc1cn[nH]c1. The lowest BCUT2D eigenvalue weighted by atomic mass is 10.4. The number of pyridine rings is 1. The molecule has 3 rings (SSSR count). The Balaban J connectivity index is 1.98. The molecule has 0 aliphatic rings. The third-order valence-corrected chi connectivity index (χ3v) is 4.23. The molecule has 9 heteroatoms. The molecule has 20 heavy (non-hydrogen) atoms. The van der Waals surface area contributed by atoms with Crippen LogP contribution in [0.2, 0.25) is 0 Å². The number of rotatable bonds is 4. The quantitative estimate of drug-likeness (QED) is 0.631. The lowest BCUT2D eigenvalue weighted by molar-refractivity contribution is 0.577. The maximum atomic E-state index is 12.3. The van der Waals surface area contributed by atoms with Gasteiger partial charge in [0.15, 0.2) is 10.8 Å². The molecular weight excluding hydrogens is 280 g/mol. The van der Waals surface area contributed by atoms with Crippen LogP contribution in [0.15, 0.2) is 41.8 Å². The number of anilines is 1. The minimum absolute atomic E-state index is 0.0316. The van der Waals surface area contributed by atoms with Gasteiger partial charge in [0, 0.05) is 24.5 Å². The number of nitrogen functional groups attached to an aromatic ring is 1. The Morgan fingerprint density at radius 2 is 2.25 bits per heavy atom. The molecule has 0 bridgehead atoms. The van der Waals surface area contributed by atoms with Gasteiger partial charge in [-0.2, -0.15) is 5.10 Å². The lowest BCUT2D eigenvalue weighted by Gasteiger charge is -2.06. The molecule has 0 saturated carbocycles. The van der Waals surface area contributed by atoms with Crippen molar-refractivity contribution in [3.63, 3.8) is 0 Å². The number of sulfonamides is 1. The van der Waals surface area contributed by atoms with E-state index in [9.17, 15) is 8.42 Å². The van der Waals surface area contributed by atoms with Crippen LogP contribution in [0.4, 0.5) is 5.82 Å². The molecule has 0 atom stereocenters. The number of fused-ring (bicyclic) bond motifs is 1. The highest BCUT2D eigenvalue weighted by Crippen LogP contribution is 2.19. The first-order chi connectivity index (χ1) is 9.58. The minimum Gasteiger partial charge on any atom is -0.381 e. The average molecular weight is 292 g/mol. The Morgan fingerprint density at radius 3 is 3.00 bits per heavy atom. The number of aromatic amines is 1. The third kappa shape index (κ3) is 2.12. The zero-order valence-electron chi connectivity index (χ0n) is 10.3. The Hall–Kier alpha value is -2.39. The highest BCUT2D eigenvalue weighted by Gasteiger charge is 2.23. The number of nitrogens with one attached hydrogen (secondary N) is 2. The molecule has 3 aromatic heterocycles. The second-order valence-electron chi connectivity index (χ2n) is 4.16. The summed E-state index contributed by atoms with van der Waals surface area (Å²) in [5.41, 5.74) is 6.92. The van der Waals surface area contributed by atoms with Crippen LogP contribution in [0.3, 0.4) is 0 Å². The zero-order valence-corrected chi connectivity index (χ0v) is 11.1. The van der Waals surface area contributed by atoms with Crippen LogP contribution in [0, 0.1) is 0 Å². The fraction of sp³-hybridized carbons (Fsp3) is 0.0909. The molecule has 0 radical (unpaired) electrons. The van der Waals surface area contributed by atoms with Gasteiger partial charge in [-0.05, 0) is 12.1 Å². The molecule has 104 valence electrons. The maximum absolute atomic E-state index is 12.3. The van der Waals surface area contributed by atoms with Gasteiger partial charge < -0.3 is 5.73 Å². The van der Waals surface area contributed by atoms with Gasteiger partial charge in [0.1, 0.15) is 5.65 Å². The van der Waals surface area contributed by atoms with E-state index >= 15 is 0 Å². The molecule has 8 nitrogen and oxygen atoms in total. The number of nitrogens with zero attached hydrogens (tertiary/aromatic N) is 3. The molecule has 0 aromatic carbocycles. The van der Waals surface area contributed by atoms with Crippen molar-refractivity contribution in [2.45, 2.75) is 11.6 Å². The van der Waals surface area contributed by atoms with Crippen molar-refractivity contribution in [2.24, 2.45) is 0 Å². The molecule has 0 amide bonds. The first kappa shape index (κ1) is 12.6. The second kappa shape index (κ2) is 4.62. The molecule has 0 aliphatic carbocycles. The number of nitrogens with two attached hydrogens (primary N) is 1. The van der Waals surface area contributed by atoms with Crippen LogP contribution >= 0.6 is 0 Å². The van der Waals surface area contributed by atoms with Gasteiger partial charge in [0.2, 0.25) is 0 Å². The molecule has 0 spiro atoms. The summed E-state index contributed by atoms with van der Waals surface area (Å²) in [5.74, 6) is -0.0316. The predicted molar refractivity (Wildman–Crippen MR) is 72.2 cm³/mol. The van der Waals surface area contributed by atoms with Gasteiger partial charge in [0.25, 0.3) is 10.0 Å². The van der Waals surface area contributed by atoms with Crippen molar-refractivity contribution in [1.82, 2.24) is 24.3 Å². The summed E-state index contributed by atoms with van der Waals surface area (Å²) in [7, 11) is -3.77. The predicted octanol–water partition coefficient (Wildman–Crippen LogP) is 0.118. The van der Waals surface area contributed by atoms with Crippen molar-refractivity contribution < 1.29 is 8.42 Å². The van der Waals surface area contributed by atoms with Crippen LogP contribution in [0.5, 0.6) is 0 Å². The van der Waals surface area contributed by atoms with E-state index in [2.05, 4.69) is 19.9 Å². The summed E-state index contributed by atoms with van der Waals surface area (Å²) >= 11 is 0. The molecule has 0 fully saturated rings. The number of H-pyrrole nitrogens is 1. The van der Waals surface area contributed by atoms with E-state index in [4.69, 9.17) is 5.73 Å². The van der Waals surface area contributed by atoms with Gasteiger partial charge >= 0.3 is 0 Å². The van der Waals surface area contributed by atoms with Gasteiger partial charge in [-0.1, -0.05) is 6.07 Å². The van der Waals surface area contributed by atoms with E-state index in [0.29, 0.717) is 5.65 Å². The van der Waals surface area contributed by atoms with Crippen molar-refractivity contribution in [2.75, 3.05) is 5.73 Å². The van der Waals surface area contributed by atoms with Gasteiger partial charge in [-0.25, -0.2) is 18.1 Å². The largest absolute Gasteiger partial charge is 0.381 e. The summed E-state index contributed by atoms with van der Waals surface area (Å²) in [6, 6.07) is 5.16. The van der Waals surface area contributed by atoms with E-state index in [-0.39, 0.29) is 17.4 Å². The summed E-state index contributed by atoms with van der Waals surface area (Å²) in [6.07, 6.45) is 4.76. The Morgan fingerprint density at radius 1 is 1.40 bits per heavy atom. The fourth-order valence-electron chi connectivity index (χ4n) is 1.88. The zero-order chi connectivity index (χ0) is 14.2. The highest BCUT2D eigenvalue weighted by atomic mass is 32.2. The van der Waals surface area contributed by atoms with Crippen LogP contribution in [0.1, 0.15) is 5.56 Å². The normalized spacial score (nSPS) is 12.0. The summed E-state index contributed by atoms with van der Waals surface area (Å²) in [5, 5.41) is 6.31. The van der Waals surface area contributed by atoms with Gasteiger partial charge in [0.05, 0.1) is 6.20 Å². The Labute approximate surface area is 114 Å². The number of imidazole rings is 1. The topological polar surface area (TPSA) is 118 Å². The lowest BCUT2D eigenvalue weighted by Crippen LogP contribution is -2.25. The molecule has 3 heterocycles. The third-order valence-electron chi connectivity index (χ3n) is 2.79. The van der Waals surface area contributed by atoms with Crippen LogP contribution in [-0.4, -0.2) is 28.0 Å². The summed E-state index contributed by atoms with van der Waals surface area (Å²) < 4.78 is 28.6. The van der Waals surface area contributed by atoms with Crippen molar-refractivity contribution >= 4 is 21.5 Å². The maximum Gasteiger partial charge on any atom is 0.260 e. The molecular formula is C11H12N6O2S. The highest BCUT2D eigenvalue weighted by molar-refractivity contribution is 7.89. The average Bonchev–Trinajstić information content (AvgIpc) is 3.02. The monoisotopic (exact) mass is 292 g/mol. The van der Waals surface area contributed by atoms with E-state index in [1.54, 1.807) is 36.8 Å². The molecule has 0 unspecified atom stereocenters.